The number of piperidine rings is 1. The molecular weight excluding hydrogens is 266 g/mol. The largest absolute Gasteiger partial charge is 0.333 e. The van der Waals surface area contributed by atoms with E-state index < -0.39 is 0 Å². The standard InChI is InChI=1S/C16H19N3O2/c17-11-7-12-3-4-13(8-11)19(12)16(21)10-2-1-9-6-15(20)18-14(9)5-10/h1-2,5,11-13H,3-4,6-8,17H2,(H,18,20). The van der Waals surface area contributed by atoms with E-state index in [9.17, 15) is 9.59 Å². The van der Waals surface area contributed by atoms with Gasteiger partial charge in [0.15, 0.2) is 0 Å². The predicted octanol–water partition coefficient (Wildman–Crippen LogP) is 1.28. The summed E-state index contributed by atoms with van der Waals surface area (Å²) in [7, 11) is 0. The van der Waals surface area contributed by atoms with Crippen molar-refractivity contribution in [2.75, 3.05) is 5.32 Å². The maximum Gasteiger partial charge on any atom is 0.254 e. The van der Waals surface area contributed by atoms with Crippen molar-refractivity contribution in [3.63, 3.8) is 0 Å². The first-order chi connectivity index (χ1) is 10.1. The summed E-state index contributed by atoms with van der Waals surface area (Å²) in [5, 5.41) is 2.81. The zero-order chi connectivity index (χ0) is 14.6. The first kappa shape index (κ1) is 12.8. The predicted molar refractivity (Wildman–Crippen MR) is 79.0 cm³/mol. The van der Waals surface area contributed by atoms with Crippen molar-refractivity contribution < 1.29 is 9.59 Å². The lowest BCUT2D eigenvalue weighted by Gasteiger charge is -2.37. The minimum Gasteiger partial charge on any atom is -0.333 e. The minimum absolute atomic E-state index is 0.00128. The van der Waals surface area contributed by atoms with Gasteiger partial charge in [-0.15, -0.1) is 0 Å². The van der Waals surface area contributed by atoms with Crippen LogP contribution in [0.2, 0.25) is 0 Å². The van der Waals surface area contributed by atoms with Gasteiger partial charge in [-0.05, 0) is 43.4 Å². The Morgan fingerprint density at radius 1 is 1.24 bits per heavy atom. The Morgan fingerprint density at radius 2 is 1.95 bits per heavy atom. The van der Waals surface area contributed by atoms with E-state index in [1.54, 1.807) is 0 Å². The lowest BCUT2D eigenvalue weighted by molar-refractivity contribution is -0.115. The quantitative estimate of drug-likeness (QED) is 0.816. The molecule has 110 valence electrons. The summed E-state index contributed by atoms with van der Waals surface area (Å²) in [6, 6.07) is 6.35. The van der Waals surface area contributed by atoms with Gasteiger partial charge in [-0.1, -0.05) is 6.07 Å². The third-order valence-electron chi connectivity index (χ3n) is 4.99. The lowest BCUT2D eigenvalue weighted by atomic mass is 9.97. The van der Waals surface area contributed by atoms with Gasteiger partial charge in [0.25, 0.3) is 5.91 Å². The van der Waals surface area contributed by atoms with Crippen molar-refractivity contribution in [3.05, 3.63) is 29.3 Å². The first-order valence-corrected chi connectivity index (χ1v) is 7.63. The van der Waals surface area contributed by atoms with Gasteiger partial charge in [0.1, 0.15) is 0 Å². The van der Waals surface area contributed by atoms with Crippen LogP contribution in [0.15, 0.2) is 18.2 Å². The van der Waals surface area contributed by atoms with Gasteiger partial charge in [-0.25, -0.2) is 0 Å². The van der Waals surface area contributed by atoms with Crippen LogP contribution in [0.5, 0.6) is 0 Å². The van der Waals surface area contributed by atoms with Gasteiger partial charge in [-0.3, -0.25) is 9.59 Å². The van der Waals surface area contributed by atoms with Gasteiger partial charge in [-0.2, -0.15) is 0 Å². The van der Waals surface area contributed by atoms with Gasteiger partial charge < -0.3 is 16.0 Å². The molecule has 2 saturated heterocycles. The van der Waals surface area contributed by atoms with E-state index in [0.717, 1.165) is 36.9 Å². The van der Waals surface area contributed by atoms with E-state index in [1.807, 2.05) is 23.1 Å². The number of anilines is 1. The molecule has 0 radical (unpaired) electrons. The fourth-order valence-electron chi connectivity index (χ4n) is 4.05. The van der Waals surface area contributed by atoms with Gasteiger partial charge in [0, 0.05) is 29.4 Å². The van der Waals surface area contributed by atoms with Crippen LogP contribution in [-0.4, -0.2) is 34.8 Å². The highest BCUT2D eigenvalue weighted by Crippen LogP contribution is 2.36. The molecule has 2 unspecified atom stereocenters. The number of benzene rings is 1. The summed E-state index contributed by atoms with van der Waals surface area (Å²) in [6.45, 7) is 0. The number of nitrogens with one attached hydrogen (secondary N) is 1. The summed E-state index contributed by atoms with van der Waals surface area (Å²) in [5.41, 5.74) is 8.49. The minimum atomic E-state index is -0.00128. The second kappa shape index (κ2) is 4.56. The number of carbonyl (C=O) groups excluding carboxylic acids is 2. The SMILES string of the molecule is NC1CC2CCC(C1)N2C(=O)c1ccc2c(c1)NC(=O)C2. The van der Waals surface area contributed by atoms with E-state index in [-0.39, 0.29) is 29.9 Å². The summed E-state index contributed by atoms with van der Waals surface area (Å²) in [4.78, 5) is 26.3. The van der Waals surface area contributed by atoms with Crippen molar-refractivity contribution >= 4 is 17.5 Å². The zero-order valence-corrected chi connectivity index (χ0v) is 11.8. The Balaban J connectivity index is 1.61. The average molecular weight is 285 g/mol. The van der Waals surface area contributed by atoms with Crippen LogP contribution in [0.1, 0.15) is 41.6 Å². The molecule has 0 saturated carbocycles. The smallest absolute Gasteiger partial charge is 0.254 e. The second-order valence-corrected chi connectivity index (χ2v) is 6.43. The van der Waals surface area contributed by atoms with Crippen LogP contribution in [0.25, 0.3) is 0 Å². The number of amides is 2. The molecule has 1 aromatic carbocycles. The van der Waals surface area contributed by atoms with Crippen molar-refractivity contribution in [1.82, 2.24) is 4.90 Å². The zero-order valence-electron chi connectivity index (χ0n) is 11.8. The van der Waals surface area contributed by atoms with Crippen LogP contribution in [-0.2, 0) is 11.2 Å². The molecule has 2 bridgehead atoms. The molecule has 3 N–H and O–H groups in total. The van der Waals surface area contributed by atoms with Gasteiger partial charge >= 0.3 is 0 Å². The Hall–Kier alpha value is -1.88. The Morgan fingerprint density at radius 3 is 2.67 bits per heavy atom. The fraction of sp³-hybridized carbons (Fsp3) is 0.500. The number of hydrogen-bond acceptors (Lipinski definition) is 3. The lowest BCUT2D eigenvalue weighted by Crippen LogP contribution is -2.50. The number of nitrogens with zero attached hydrogens (tertiary/aromatic N) is 1. The van der Waals surface area contributed by atoms with Crippen LogP contribution >= 0.6 is 0 Å². The van der Waals surface area contributed by atoms with Crippen molar-refractivity contribution in [2.24, 2.45) is 5.73 Å². The summed E-state index contributed by atoms with van der Waals surface area (Å²) in [6.07, 6.45) is 4.35. The van der Waals surface area contributed by atoms with Crippen LogP contribution in [0.3, 0.4) is 0 Å². The van der Waals surface area contributed by atoms with Gasteiger partial charge in [0.2, 0.25) is 5.91 Å². The molecule has 2 fully saturated rings. The van der Waals surface area contributed by atoms with Crippen molar-refractivity contribution in [3.8, 4) is 0 Å². The molecule has 0 aliphatic carbocycles. The van der Waals surface area contributed by atoms with E-state index in [1.165, 1.54) is 0 Å². The highest BCUT2D eigenvalue weighted by molar-refractivity contribution is 6.02. The third kappa shape index (κ3) is 2.03. The molecule has 3 aliphatic heterocycles. The molecule has 1 aromatic rings. The van der Waals surface area contributed by atoms with Crippen molar-refractivity contribution in [1.29, 1.82) is 0 Å². The van der Waals surface area contributed by atoms with Crippen LogP contribution < -0.4 is 11.1 Å². The molecule has 5 heteroatoms. The number of rotatable bonds is 1. The highest BCUT2D eigenvalue weighted by Gasteiger charge is 2.42. The third-order valence-corrected chi connectivity index (χ3v) is 4.99. The maximum absolute atomic E-state index is 12.8. The maximum atomic E-state index is 12.8. The Labute approximate surface area is 123 Å². The van der Waals surface area contributed by atoms with Gasteiger partial charge in [0.05, 0.1) is 6.42 Å². The molecule has 0 aromatic heterocycles. The second-order valence-electron chi connectivity index (χ2n) is 6.43. The van der Waals surface area contributed by atoms with E-state index in [0.29, 0.717) is 12.0 Å². The monoisotopic (exact) mass is 285 g/mol. The molecule has 2 amide bonds. The van der Waals surface area contributed by atoms with Crippen LogP contribution in [0.4, 0.5) is 5.69 Å². The number of nitrogens with two attached hydrogens (primary N) is 1. The molecule has 3 heterocycles. The molecule has 4 rings (SSSR count). The molecule has 21 heavy (non-hydrogen) atoms. The van der Waals surface area contributed by atoms with Crippen molar-refractivity contribution in [2.45, 2.75) is 50.2 Å². The fourth-order valence-corrected chi connectivity index (χ4v) is 4.05. The topological polar surface area (TPSA) is 75.4 Å². The average Bonchev–Trinajstić information content (AvgIpc) is 2.94. The molecule has 2 atom stereocenters. The van der Waals surface area contributed by atoms with Crippen LogP contribution in [0, 0.1) is 0 Å². The molecular formula is C16H19N3O2. The number of hydrogen-bond donors (Lipinski definition) is 2. The van der Waals surface area contributed by atoms with E-state index in [2.05, 4.69) is 5.32 Å². The first-order valence-electron chi connectivity index (χ1n) is 7.63. The van der Waals surface area contributed by atoms with E-state index in [4.69, 9.17) is 5.73 Å². The normalized spacial score (nSPS) is 30.2. The highest BCUT2D eigenvalue weighted by atomic mass is 16.2. The van der Waals surface area contributed by atoms with E-state index >= 15 is 0 Å². The number of fused-ring (bicyclic) bond motifs is 3. The Kier molecular flexibility index (Phi) is 2.79. The summed E-state index contributed by atoms with van der Waals surface area (Å²) < 4.78 is 0. The Bertz CT molecular complexity index is 614. The molecule has 5 nitrogen and oxygen atoms in total. The summed E-state index contributed by atoms with van der Waals surface area (Å²) >= 11 is 0. The molecule has 3 aliphatic rings. The summed E-state index contributed by atoms with van der Waals surface area (Å²) in [5.74, 6) is 0.0805. The number of carbonyl (C=O) groups is 2. The molecule has 0 spiro atoms.